The first-order chi connectivity index (χ1) is 13.8. The van der Waals surface area contributed by atoms with Gasteiger partial charge in [-0.3, -0.25) is 13.9 Å². The molecule has 3 heterocycles. The first-order valence-electron chi connectivity index (χ1n) is 9.58. The zero-order valence-electron chi connectivity index (χ0n) is 16.6. The third-order valence-corrected chi connectivity index (χ3v) is 5.39. The highest BCUT2D eigenvalue weighted by atomic mass is 16.4. The summed E-state index contributed by atoms with van der Waals surface area (Å²) in [4.78, 5) is 43.2. The van der Waals surface area contributed by atoms with Gasteiger partial charge in [0.2, 0.25) is 5.95 Å². The van der Waals surface area contributed by atoms with Crippen molar-refractivity contribution in [2.45, 2.75) is 33.4 Å². The molecular weight excluding hydrogens is 374 g/mol. The van der Waals surface area contributed by atoms with E-state index in [1.54, 1.807) is 4.57 Å². The molecule has 4 rings (SSSR count). The minimum absolute atomic E-state index is 0.219. The van der Waals surface area contributed by atoms with Gasteiger partial charge in [0.15, 0.2) is 11.2 Å². The van der Waals surface area contributed by atoms with Gasteiger partial charge in [-0.25, -0.2) is 4.79 Å². The van der Waals surface area contributed by atoms with Crippen LogP contribution in [0.3, 0.4) is 0 Å². The Morgan fingerprint density at radius 2 is 1.90 bits per heavy atom. The molecular formula is C20H22N5O4-. The predicted molar refractivity (Wildman–Crippen MR) is 106 cm³/mol. The van der Waals surface area contributed by atoms with Crippen LogP contribution < -0.4 is 21.3 Å². The third kappa shape index (κ3) is 3.02. The summed E-state index contributed by atoms with van der Waals surface area (Å²) in [5.74, 6) is -0.703. The fourth-order valence-electron chi connectivity index (χ4n) is 3.90. The summed E-state index contributed by atoms with van der Waals surface area (Å²) in [6.07, 6.45) is 0.940. The molecule has 0 unspecified atom stereocenters. The van der Waals surface area contributed by atoms with E-state index in [2.05, 4.69) is 31.0 Å². The molecule has 1 aromatic carbocycles. The van der Waals surface area contributed by atoms with E-state index in [9.17, 15) is 19.5 Å². The summed E-state index contributed by atoms with van der Waals surface area (Å²) in [6.45, 7) is 4.64. The Hall–Kier alpha value is -3.36. The van der Waals surface area contributed by atoms with Crippen molar-refractivity contribution in [3.05, 3.63) is 50.7 Å². The number of imidazole rings is 1. The number of rotatable bonds is 4. The molecule has 0 aliphatic carbocycles. The highest BCUT2D eigenvalue weighted by Crippen LogP contribution is 2.32. The van der Waals surface area contributed by atoms with Gasteiger partial charge in [0, 0.05) is 25.8 Å². The third-order valence-electron chi connectivity index (χ3n) is 5.39. The average molecular weight is 396 g/mol. The molecule has 2 aromatic heterocycles. The van der Waals surface area contributed by atoms with Crippen molar-refractivity contribution in [2.75, 3.05) is 11.4 Å². The smallest absolute Gasteiger partial charge is 0.332 e. The minimum atomic E-state index is -1.49. The van der Waals surface area contributed by atoms with E-state index in [0.29, 0.717) is 17.1 Å². The summed E-state index contributed by atoms with van der Waals surface area (Å²) >= 11 is 0. The van der Waals surface area contributed by atoms with Gasteiger partial charge in [-0.05, 0) is 30.0 Å². The molecule has 9 heteroatoms. The number of aryl methyl sites for hydroxylation is 2. The molecule has 0 bridgehead atoms. The van der Waals surface area contributed by atoms with Crippen molar-refractivity contribution in [1.29, 1.82) is 0 Å². The van der Waals surface area contributed by atoms with Crippen LogP contribution in [0.2, 0.25) is 0 Å². The lowest BCUT2D eigenvalue weighted by molar-refractivity contribution is -0.306. The van der Waals surface area contributed by atoms with Crippen LogP contribution in [-0.2, 0) is 31.4 Å². The first kappa shape index (κ1) is 19.0. The van der Waals surface area contributed by atoms with Crippen LogP contribution in [-0.4, -0.2) is 31.2 Å². The topological polar surface area (TPSA) is 105 Å². The van der Waals surface area contributed by atoms with Gasteiger partial charge in [0.05, 0.1) is 12.5 Å². The Bertz CT molecular complexity index is 1220. The summed E-state index contributed by atoms with van der Waals surface area (Å²) < 4.78 is 3.69. The van der Waals surface area contributed by atoms with Gasteiger partial charge in [0.25, 0.3) is 5.56 Å². The first-order valence-corrected chi connectivity index (χ1v) is 9.58. The fraction of sp³-hybridized carbons (Fsp3) is 0.400. The quantitative estimate of drug-likeness (QED) is 0.615. The molecule has 9 nitrogen and oxygen atoms in total. The molecule has 29 heavy (non-hydrogen) atoms. The highest BCUT2D eigenvalue weighted by Gasteiger charge is 2.29. The fourth-order valence-corrected chi connectivity index (χ4v) is 3.90. The predicted octanol–water partition coefficient (Wildman–Crippen LogP) is -0.00320. The second-order valence-corrected chi connectivity index (χ2v) is 7.54. The zero-order chi connectivity index (χ0) is 20.9. The summed E-state index contributed by atoms with van der Waals surface area (Å²) in [5.41, 5.74) is 1.25. The molecule has 0 saturated carbocycles. The van der Waals surface area contributed by atoms with Crippen LogP contribution in [0.5, 0.6) is 0 Å². The van der Waals surface area contributed by atoms with E-state index in [1.165, 1.54) is 17.2 Å². The lowest BCUT2D eigenvalue weighted by atomic mass is 10.1. The van der Waals surface area contributed by atoms with E-state index in [1.807, 2.05) is 17.0 Å². The van der Waals surface area contributed by atoms with E-state index in [-0.39, 0.29) is 17.1 Å². The van der Waals surface area contributed by atoms with Crippen LogP contribution in [0.25, 0.3) is 11.2 Å². The SMILES string of the molecule is CCc1ccc(N2C[C@@H](C)Cn3c2nc2c3c(=O)n(CC(=O)[O-])c(=O)n2C)cc1. The van der Waals surface area contributed by atoms with Gasteiger partial charge >= 0.3 is 5.69 Å². The maximum Gasteiger partial charge on any atom is 0.332 e. The van der Waals surface area contributed by atoms with Crippen molar-refractivity contribution in [2.24, 2.45) is 13.0 Å². The highest BCUT2D eigenvalue weighted by molar-refractivity contribution is 5.77. The number of carbonyl (C=O) groups is 1. The molecule has 152 valence electrons. The van der Waals surface area contributed by atoms with Crippen molar-refractivity contribution < 1.29 is 9.90 Å². The van der Waals surface area contributed by atoms with Crippen LogP contribution in [0.4, 0.5) is 11.6 Å². The van der Waals surface area contributed by atoms with Gasteiger partial charge in [-0.2, -0.15) is 4.98 Å². The van der Waals surface area contributed by atoms with Gasteiger partial charge in [-0.15, -0.1) is 0 Å². The number of hydrogen-bond acceptors (Lipinski definition) is 6. The Labute approximate surface area is 166 Å². The molecule has 0 fully saturated rings. The molecule has 3 aromatic rings. The number of fused-ring (bicyclic) bond motifs is 3. The second kappa shape index (κ2) is 6.91. The number of benzene rings is 1. The summed E-state index contributed by atoms with van der Waals surface area (Å²) in [6, 6.07) is 8.16. The Balaban J connectivity index is 1.96. The maximum atomic E-state index is 13.0. The number of anilines is 2. The summed E-state index contributed by atoms with van der Waals surface area (Å²) in [7, 11) is 1.48. The van der Waals surface area contributed by atoms with Crippen LogP contribution in [0, 0.1) is 5.92 Å². The Morgan fingerprint density at radius 1 is 1.21 bits per heavy atom. The molecule has 0 amide bonds. The molecule has 0 spiro atoms. The van der Waals surface area contributed by atoms with E-state index in [4.69, 9.17) is 0 Å². The van der Waals surface area contributed by atoms with Crippen LogP contribution >= 0.6 is 0 Å². The van der Waals surface area contributed by atoms with Gasteiger partial charge in [0.1, 0.15) is 0 Å². The largest absolute Gasteiger partial charge is 0.548 e. The van der Waals surface area contributed by atoms with Crippen molar-refractivity contribution in [1.82, 2.24) is 18.7 Å². The lowest BCUT2D eigenvalue weighted by Gasteiger charge is -2.33. The number of aliphatic carboxylic acids is 1. The normalized spacial score (nSPS) is 16.2. The lowest BCUT2D eigenvalue weighted by Crippen LogP contribution is -2.44. The number of aromatic nitrogens is 4. The molecule has 0 saturated heterocycles. The molecule has 1 aliphatic rings. The average Bonchev–Trinajstić information content (AvgIpc) is 3.08. The number of carboxylic acid groups (broad SMARTS) is 1. The number of nitrogens with zero attached hydrogens (tertiary/aromatic N) is 5. The molecule has 0 radical (unpaired) electrons. The number of carboxylic acids is 1. The van der Waals surface area contributed by atoms with Crippen molar-refractivity contribution >= 4 is 28.8 Å². The summed E-state index contributed by atoms with van der Waals surface area (Å²) in [5, 5.41) is 11.0. The number of carbonyl (C=O) groups excluding carboxylic acids is 1. The molecule has 0 N–H and O–H groups in total. The van der Waals surface area contributed by atoms with Gasteiger partial charge in [-0.1, -0.05) is 26.0 Å². The van der Waals surface area contributed by atoms with E-state index >= 15 is 0 Å². The minimum Gasteiger partial charge on any atom is -0.548 e. The Morgan fingerprint density at radius 3 is 2.52 bits per heavy atom. The van der Waals surface area contributed by atoms with E-state index in [0.717, 1.165) is 18.7 Å². The van der Waals surface area contributed by atoms with Crippen LogP contribution in [0.15, 0.2) is 33.9 Å². The monoisotopic (exact) mass is 396 g/mol. The maximum absolute atomic E-state index is 13.0. The van der Waals surface area contributed by atoms with Gasteiger partial charge < -0.3 is 19.4 Å². The van der Waals surface area contributed by atoms with Crippen molar-refractivity contribution in [3.8, 4) is 0 Å². The van der Waals surface area contributed by atoms with Crippen LogP contribution in [0.1, 0.15) is 19.4 Å². The standard InChI is InChI=1S/C20H23N5O4/c1-4-13-5-7-14(8-6-13)23-9-12(2)10-24-16-17(21-19(23)24)22(3)20(29)25(18(16)28)11-15(26)27/h5-8,12H,4,9-11H2,1-3H3,(H,26,27)/p-1/t12-/m1/s1. The van der Waals surface area contributed by atoms with E-state index < -0.39 is 23.8 Å². The molecule has 1 atom stereocenters. The number of hydrogen-bond donors (Lipinski definition) is 0. The van der Waals surface area contributed by atoms with Crippen molar-refractivity contribution in [3.63, 3.8) is 0 Å². The Kier molecular flexibility index (Phi) is 4.52. The molecule has 1 aliphatic heterocycles. The second-order valence-electron chi connectivity index (χ2n) is 7.54. The zero-order valence-corrected chi connectivity index (χ0v) is 16.6.